The molecule has 0 unspecified atom stereocenters. The standard InChI is InChI=1S/C37H53N2O2/c1-6-8-9-10-11-12-13-14-15-21-28-41-35-26-25-31(29-33(35)37(3,4)5)30-39(32-22-17-16-18-23-32)36(40)34-24-19-20-27-38(34)7-2/h16-20,22-27,29H,6-15,21,28,30H2,1-5H3/q+1. The Balaban J connectivity index is 1.66. The van der Waals surface area contributed by atoms with Crippen LogP contribution in [0.3, 0.4) is 0 Å². The number of hydrogen-bond donors (Lipinski definition) is 0. The van der Waals surface area contributed by atoms with Crippen LogP contribution in [-0.2, 0) is 18.5 Å². The van der Waals surface area contributed by atoms with Crippen LogP contribution in [-0.4, -0.2) is 12.5 Å². The van der Waals surface area contributed by atoms with Gasteiger partial charge in [0, 0.05) is 17.8 Å². The van der Waals surface area contributed by atoms with Crippen molar-refractivity contribution in [2.45, 2.75) is 117 Å². The molecule has 0 atom stereocenters. The van der Waals surface area contributed by atoms with Crippen molar-refractivity contribution in [2.24, 2.45) is 0 Å². The van der Waals surface area contributed by atoms with Gasteiger partial charge in [0.15, 0.2) is 6.20 Å². The molecule has 0 spiro atoms. The van der Waals surface area contributed by atoms with Gasteiger partial charge in [-0.05, 0) is 60.2 Å². The van der Waals surface area contributed by atoms with Crippen molar-refractivity contribution < 1.29 is 14.1 Å². The van der Waals surface area contributed by atoms with Crippen LogP contribution < -0.4 is 14.2 Å². The fourth-order valence-corrected chi connectivity index (χ4v) is 5.31. The molecule has 0 aliphatic rings. The van der Waals surface area contributed by atoms with Gasteiger partial charge in [0.05, 0.1) is 13.2 Å². The first kappa shape index (κ1) is 32.4. The minimum Gasteiger partial charge on any atom is -0.493 e. The van der Waals surface area contributed by atoms with Crippen LogP contribution in [0.15, 0.2) is 72.9 Å². The summed E-state index contributed by atoms with van der Waals surface area (Å²) in [5, 5.41) is 0. The molecular formula is C37H53N2O2+. The van der Waals surface area contributed by atoms with E-state index in [0.717, 1.165) is 36.6 Å². The molecule has 0 fully saturated rings. The molecule has 0 radical (unpaired) electrons. The summed E-state index contributed by atoms with van der Waals surface area (Å²) in [5.74, 6) is 0.957. The average molecular weight is 558 g/mol. The lowest BCUT2D eigenvalue weighted by Crippen LogP contribution is -2.44. The highest BCUT2D eigenvalue weighted by Crippen LogP contribution is 2.33. The number of unbranched alkanes of at least 4 members (excludes halogenated alkanes) is 9. The number of amides is 1. The lowest BCUT2D eigenvalue weighted by atomic mass is 9.85. The molecule has 0 bridgehead atoms. The molecule has 1 heterocycles. The van der Waals surface area contributed by atoms with Crippen LogP contribution in [0.4, 0.5) is 5.69 Å². The summed E-state index contributed by atoms with van der Waals surface area (Å²) >= 11 is 0. The third-order valence-corrected chi connectivity index (χ3v) is 7.76. The zero-order valence-electron chi connectivity index (χ0n) is 26.3. The van der Waals surface area contributed by atoms with Crippen molar-refractivity contribution in [3.63, 3.8) is 0 Å². The largest absolute Gasteiger partial charge is 0.493 e. The Morgan fingerprint density at radius 3 is 2.05 bits per heavy atom. The third kappa shape index (κ3) is 10.3. The number of hydrogen-bond acceptors (Lipinski definition) is 2. The molecule has 3 aromatic rings. The molecule has 0 saturated carbocycles. The number of nitrogens with zero attached hydrogens (tertiary/aromatic N) is 2. The van der Waals surface area contributed by atoms with E-state index >= 15 is 0 Å². The highest BCUT2D eigenvalue weighted by Gasteiger charge is 2.27. The van der Waals surface area contributed by atoms with Gasteiger partial charge in [0.1, 0.15) is 12.3 Å². The van der Waals surface area contributed by atoms with E-state index in [1.54, 1.807) is 0 Å². The van der Waals surface area contributed by atoms with Gasteiger partial charge < -0.3 is 4.74 Å². The number of benzene rings is 2. The molecular weight excluding hydrogens is 504 g/mol. The molecule has 2 aromatic carbocycles. The van der Waals surface area contributed by atoms with Gasteiger partial charge in [-0.2, -0.15) is 4.57 Å². The topological polar surface area (TPSA) is 33.4 Å². The third-order valence-electron chi connectivity index (χ3n) is 7.76. The quantitative estimate of drug-likeness (QED) is 0.122. The number of ether oxygens (including phenoxy) is 1. The van der Waals surface area contributed by atoms with E-state index in [0.29, 0.717) is 12.2 Å². The monoisotopic (exact) mass is 557 g/mol. The SMILES string of the molecule is CCCCCCCCCCCCOc1ccc(CN(C(=O)c2cccc[n+]2CC)c2ccccc2)cc1C(C)(C)C. The molecule has 0 N–H and O–H groups in total. The summed E-state index contributed by atoms with van der Waals surface area (Å²) in [6.45, 7) is 13.0. The van der Waals surface area contributed by atoms with Gasteiger partial charge in [-0.15, -0.1) is 0 Å². The van der Waals surface area contributed by atoms with Crippen molar-refractivity contribution in [3.8, 4) is 5.75 Å². The Hall–Kier alpha value is -3.14. The van der Waals surface area contributed by atoms with Gasteiger partial charge >= 0.3 is 5.91 Å². The van der Waals surface area contributed by atoms with Crippen molar-refractivity contribution in [1.29, 1.82) is 0 Å². The lowest BCUT2D eigenvalue weighted by molar-refractivity contribution is -0.695. The first-order chi connectivity index (χ1) is 19.8. The van der Waals surface area contributed by atoms with Gasteiger partial charge in [0.2, 0.25) is 0 Å². The summed E-state index contributed by atoms with van der Waals surface area (Å²) in [7, 11) is 0. The van der Waals surface area contributed by atoms with Crippen molar-refractivity contribution >= 4 is 11.6 Å². The van der Waals surface area contributed by atoms with Crippen LogP contribution in [0.2, 0.25) is 0 Å². The maximum Gasteiger partial charge on any atom is 0.323 e. The van der Waals surface area contributed by atoms with E-state index in [2.05, 4.69) is 52.8 Å². The van der Waals surface area contributed by atoms with E-state index in [1.165, 1.54) is 63.4 Å². The Kier molecular flexibility index (Phi) is 13.4. The molecule has 0 aliphatic heterocycles. The molecule has 1 aromatic heterocycles. The molecule has 41 heavy (non-hydrogen) atoms. The normalized spacial score (nSPS) is 11.4. The highest BCUT2D eigenvalue weighted by molar-refractivity contribution is 6.03. The highest BCUT2D eigenvalue weighted by atomic mass is 16.5. The number of aryl methyl sites for hydroxylation is 1. The number of pyridine rings is 1. The number of para-hydroxylation sites is 1. The molecule has 4 nitrogen and oxygen atoms in total. The number of rotatable bonds is 17. The van der Waals surface area contributed by atoms with Gasteiger partial charge in [-0.1, -0.05) is 110 Å². The van der Waals surface area contributed by atoms with E-state index in [4.69, 9.17) is 4.74 Å². The second kappa shape index (κ2) is 17.0. The van der Waals surface area contributed by atoms with Crippen LogP contribution in [0, 0.1) is 0 Å². The van der Waals surface area contributed by atoms with Crippen LogP contribution >= 0.6 is 0 Å². The van der Waals surface area contributed by atoms with Gasteiger partial charge in [-0.3, -0.25) is 9.69 Å². The summed E-state index contributed by atoms with van der Waals surface area (Å²) in [6, 6.07) is 22.2. The Morgan fingerprint density at radius 2 is 1.41 bits per heavy atom. The number of anilines is 1. The minimum atomic E-state index is -0.0740. The van der Waals surface area contributed by atoms with Crippen LogP contribution in [0.5, 0.6) is 5.75 Å². The fraction of sp³-hybridized carbons (Fsp3) is 0.514. The Morgan fingerprint density at radius 1 is 0.780 bits per heavy atom. The van der Waals surface area contributed by atoms with Crippen molar-refractivity contribution in [2.75, 3.05) is 11.5 Å². The zero-order valence-corrected chi connectivity index (χ0v) is 26.3. The molecule has 4 heteroatoms. The molecule has 0 saturated heterocycles. The van der Waals surface area contributed by atoms with Crippen LogP contribution in [0.25, 0.3) is 0 Å². The van der Waals surface area contributed by atoms with Crippen molar-refractivity contribution in [3.05, 3.63) is 89.7 Å². The number of carbonyl (C=O) groups is 1. The first-order valence-corrected chi connectivity index (χ1v) is 16.0. The second-order valence-corrected chi connectivity index (χ2v) is 12.2. The summed E-state index contributed by atoms with van der Waals surface area (Å²) in [4.78, 5) is 15.8. The Labute approximate surface area is 249 Å². The van der Waals surface area contributed by atoms with E-state index in [9.17, 15) is 4.79 Å². The van der Waals surface area contributed by atoms with Crippen LogP contribution in [0.1, 0.15) is 120 Å². The zero-order chi connectivity index (χ0) is 29.5. The van der Waals surface area contributed by atoms with Gasteiger partial charge in [-0.25, -0.2) is 0 Å². The summed E-state index contributed by atoms with van der Waals surface area (Å²) in [6.07, 6.45) is 15.2. The molecule has 222 valence electrons. The van der Waals surface area contributed by atoms with Gasteiger partial charge in [0.25, 0.3) is 5.69 Å². The van der Waals surface area contributed by atoms with E-state index in [1.807, 2.05) is 64.2 Å². The number of carbonyl (C=O) groups excluding carboxylic acids is 1. The Bertz CT molecular complexity index is 1180. The molecule has 1 amide bonds. The lowest BCUT2D eigenvalue weighted by Gasteiger charge is -2.26. The molecule has 3 rings (SSSR count). The molecule has 0 aliphatic carbocycles. The smallest absolute Gasteiger partial charge is 0.323 e. The second-order valence-electron chi connectivity index (χ2n) is 12.2. The fourth-order valence-electron chi connectivity index (χ4n) is 5.31. The summed E-state index contributed by atoms with van der Waals surface area (Å²) < 4.78 is 8.35. The summed E-state index contributed by atoms with van der Waals surface area (Å²) in [5.41, 5.74) is 3.78. The predicted molar refractivity (Wildman–Crippen MR) is 172 cm³/mol. The minimum absolute atomic E-state index is 0.00255. The van der Waals surface area contributed by atoms with Crippen molar-refractivity contribution in [1.82, 2.24) is 0 Å². The predicted octanol–water partition coefficient (Wildman–Crippen LogP) is 9.44. The van der Waals surface area contributed by atoms with E-state index in [-0.39, 0.29) is 11.3 Å². The first-order valence-electron chi connectivity index (χ1n) is 16.0. The number of aromatic nitrogens is 1. The van der Waals surface area contributed by atoms with E-state index < -0.39 is 0 Å². The maximum absolute atomic E-state index is 13.9. The maximum atomic E-state index is 13.9. The average Bonchev–Trinajstić information content (AvgIpc) is 2.98.